The first-order valence-corrected chi connectivity index (χ1v) is 4.78. The number of hydrogen-bond donors (Lipinski definition) is 0. The molecule has 0 amide bonds. The molecule has 0 saturated carbocycles. The zero-order chi connectivity index (χ0) is 10.7. The van der Waals surface area contributed by atoms with Gasteiger partial charge in [0.2, 0.25) is 0 Å². The summed E-state index contributed by atoms with van der Waals surface area (Å²) in [5.74, 6) is 0. The lowest BCUT2D eigenvalue weighted by Gasteiger charge is -1.96. The molecule has 2 aromatic heterocycles. The van der Waals surface area contributed by atoms with E-state index in [9.17, 15) is 4.79 Å². The second kappa shape index (κ2) is 4.04. The first kappa shape index (κ1) is 9.58. The highest BCUT2D eigenvalue weighted by atomic mass is 16.1. The molecule has 2 aromatic rings. The second-order valence-corrected chi connectivity index (χ2v) is 3.13. The van der Waals surface area contributed by atoms with Crippen LogP contribution < -0.4 is 0 Å². The Labute approximate surface area is 87.6 Å². The highest BCUT2D eigenvalue weighted by molar-refractivity contribution is 5.75. The average molecular weight is 201 g/mol. The Morgan fingerprint density at radius 1 is 1.53 bits per heavy atom. The van der Waals surface area contributed by atoms with E-state index in [1.165, 1.54) is 0 Å². The molecule has 0 bridgehead atoms. The van der Waals surface area contributed by atoms with Crippen LogP contribution in [0.5, 0.6) is 0 Å². The van der Waals surface area contributed by atoms with E-state index in [2.05, 4.69) is 10.1 Å². The Bertz CT molecular complexity index is 462. The van der Waals surface area contributed by atoms with Crippen molar-refractivity contribution in [2.45, 2.75) is 13.5 Å². The third-order valence-corrected chi connectivity index (χ3v) is 2.19. The standard InChI is InChI=1S/C11H11N3O/c1-2-14-10(8-15)6-11(13-14)9-4-3-5-12-7-9/h3-8H,2H2,1H3. The number of aromatic nitrogens is 3. The van der Waals surface area contributed by atoms with Crippen molar-refractivity contribution >= 4 is 6.29 Å². The molecule has 0 aliphatic carbocycles. The molecule has 0 aliphatic heterocycles. The van der Waals surface area contributed by atoms with Gasteiger partial charge in [-0.15, -0.1) is 0 Å². The molecule has 0 aliphatic rings. The van der Waals surface area contributed by atoms with E-state index in [1.54, 1.807) is 23.1 Å². The maximum atomic E-state index is 10.8. The molecule has 0 fully saturated rings. The Hall–Kier alpha value is -1.97. The van der Waals surface area contributed by atoms with E-state index in [0.717, 1.165) is 17.5 Å². The van der Waals surface area contributed by atoms with Crippen molar-refractivity contribution in [3.63, 3.8) is 0 Å². The number of hydrogen-bond acceptors (Lipinski definition) is 3. The molecule has 0 radical (unpaired) electrons. The van der Waals surface area contributed by atoms with Crippen LogP contribution in [0, 0.1) is 0 Å². The van der Waals surface area contributed by atoms with Crippen molar-refractivity contribution in [1.82, 2.24) is 14.8 Å². The molecule has 4 heteroatoms. The zero-order valence-corrected chi connectivity index (χ0v) is 8.42. The van der Waals surface area contributed by atoms with E-state index in [1.807, 2.05) is 19.1 Å². The lowest BCUT2D eigenvalue weighted by molar-refractivity contribution is 0.111. The summed E-state index contributed by atoms with van der Waals surface area (Å²) in [5.41, 5.74) is 2.30. The molecule has 2 rings (SSSR count). The Morgan fingerprint density at radius 2 is 2.40 bits per heavy atom. The van der Waals surface area contributed by atoms with E-state index < -0.39 is 0 Å². The molecule has 0 atom stereocenters. The van der Waals surface area contributed by atoms with Crippen LogP contribution in [0.3, 0.4) is 0 Å². The van der Waals surface area contributed by atoms with Gasteiger partial charge in [-0.05, 0) is 25.1 Å². The first-order chi connectivity index (χ1) is 7.35. The van der Waals surface area contributed by atoms with Crippen LogP contribution in [0.4, 0.5) is 0 Å². The smallest absolute Gasteiger partial charge is 0.168 e. The molecule has 0 saturated heterocycles. The van der Waals surface area contributed by atoms with E-state index in [4.69, 9.17) is 0 Å². The summed E-state index contributed by atoms with van der Waals surface area (Å²) < 4.78 is 1.68. The van der Waals surface area contributed by atoms with Crippen LogP contribution in [0.1, 0.15) is 17.4 Å². The van der Waals surface area contributed by atoms with Crippen molar-refractivity contribution in [1.29, 1.82) is 0 Å². The average Bonchev–Trinajstić information content (AvgIpc) is 2.73. The molecular weight excluding hydrogens is 190 g/mol. The molecule has 0 N–H and O–H groups in total. The van der Waals surface area contributed by atoms with Gasteiger partial charge in [0.1, 0.15) is 5.69 Å². The summed E-state index contributed by atoms with van der Waals surface area (Å²) in [6, 6.07) is 5.54. The number of carbonyl (C=O) groups is 1. The molecule has 0 aromatic carbocycles. The number of rotatable bonds is 3. The number of carbonyl (C=O) groups excluding carboxylic acids is 1. The van der Waals surface area contributed by atoms with Gasteiger partial charge in [0.25, 0.3) is 0 Å². The summed E-state index contributed by atoms with van der Waals surface area (Å²) in [6.07, 6.45) is 4.26. The van der Waals surface area contributed by atoms with Gasteiger partial charge in [-0.3, -0.25) is 14.5 Å². The second-order valence-electron chi connectivity index (χ2n) is 3.13. The highest BCUT2D eigenvalue weighted by Crippen LogP contribution is 2.16. The van der Waals surface area contributed by atoms with Crippen molar-refractivity contribution in [2.24, 2.45) is 0 Å². The van der Waals surface area contributed by atoms with E-state index in [-0.39, 0.29) is 0 Å². The fourth-order valence-corrected chi connectivity index (χ4v) is 1.43. The first-order valence-electron chi connectivity index (χ1n) is 4.78. The topological polar surface area (TPSA) is 47.8 Å². The number of aryl methyl sites for hydroxylation is 1. The molecule has 15 heavy (non-hydrogen) atoms. The van der Waals surface area contributed by atoms with Gasteiger partial charge in [-0.25, -0.2) is 0 Å². The molecule has 4 nitrogen and oxygen atoms in total. The van der Waals surface area contributed by atoms with Crippen LogP contribution in [0.2, 0.25) is 0 Å². The number of nitrogens with zero attached hydrogens (tertiary/aromatic N) is 3. The van der Waals surface area contributed by atoms with Crippen LogP contribution in [-0.2, 0) is 6.54 Å². The van der Waals surface area contributed by atoms with Crippen LogP contribution >= 0.6 is 0 Å². The fourth-order valence-electron chi connectivity index (χ4n) is 1.43. The third kappa shape index (κ3) is 1.79. The van der Waals surface area contributed by atoms with Crippen LogP contribution in [0.25, 0.3) is 11.3 Å². The minimum atomic E-state index is 0.594. The Morgan fingerprint density at radius 3 is 2.93 bits per heavy atom. The molecule has 0 spiro atoms. The zero-order valence-electron chi connectivity index (χ0n) is 8.42. The van der Waals surface area contributed by atoms with E-state index in [0.29, 0.717) is 12.2 Å². The summed E-state index contributed by atoms with van der Waals surface area (Å²) in [5, 5.41) is 4.32. The van der Waals surface area contributed by atoms with Crippen LogP contribution in [-0.4, -0.2) is 21.1 Å². The quantitative estimate of drug-likeness (QED) is 0.711. The predicted molar refractivity (Wildman–Crippen MR) is 56.5 cm³/mol. The monoisotopic (exact) mass is 201 g/mol. The van der Waals surface area contributed by atoms with Crippen molar-refractivity contribution in [3.05, 3.63) is 36.3 Å². The van der Waals surface area contributed by atoms with Gasteiger partial charge >= 0.3 is 0 Å². The lowest BCUT2D eigenvalue weighted by Crippen LogP contribution is -2.00. The van der Waals surface area contributed by atoms with Crippen molar-refractivity contribution in [2.75, 3.05) is 0 Å². The Kier molecular flexibility index (Phi) is 2.58. The summed E-state index contributed by atoms with van der Waals surface area (Å²) in [4.78, 5) is 14.8. The van der Waals surface area contributed by atoms with Gasteiger partial charge in [-0.2, -0.15) is 5.10 Å². The minimum Gasteiger partial charge on any atom is -0.296 e. The molecule has 0 unspecified atom stereocenters. The van der Waals surface area contributed by atoms with E-state index >= 15 is 0 Å². The van der Waals surface area contributed by atoms with Gasteiger partial charge in [0.15, 0.2) is 6.29 Å². The maximum Gasteiger partial charge on any atom is 0.168 e. The van der Waals surface area contributed by atoms with Crippen molar-refractivity contribution in [3.8, 4) is 11.3 Å². The third-order valence-electron chi connectivity index (χ3n) is 2.19. The molecular formula is C11H11N3O. The predicted octanol–water partition coefficient (Wildman–Crippen LogP) is 1.78. The SMILES string of the molecule is CCn1nc(-c2cccnc2)cc1C=O. The minimum absolute atomic E-state index is 0.594. The number of pyridine rings is 1. The molecule has 76 valence electrons. The lowest BCUT2D eigenvalue weighted by atomic mass is 10.2. The van der Waals surface area contributed by atoms with Gasteiger partial charge in [0.05, 0.1) is 5.69 Å². The van der Waals surface area contributed by atoms with Crippen LogP contribution in [0.15, 0.2) is 30.6 Å². The Balaban J connectivity index is 2.46. The summed E-state index contributed by atoms with van der Waals surface area (Å²) in [7, 11) is 0. The number of aldehydes is 1. The summed E-state index contributed by atoms with van der Waals surface area (Å²) >= 11 is 0. The van der Waals surface area contributed by atoms with Gasteiger partial charge in [-0.1, -0.05) is 0 Å². The largest absolute Gasteiger partial charge is 0.296 e. The molecule has 2 heterocycles. The normalized spacial score (nSPS) is 10.2. The summed E-state index contributed by atoms with van der Waals surface area (Å²) in [6.45, 7) is 2.64. The van der Waals surface area contributed by atoms with Gasteiger partial charge < -0.3 is 0 Å². The maximum absolute atomic E-state index is 10.8. The van der Waals surface area contributed by atoms with Crippen molar-refractivity contribution < 1.29 is 4.79 Å². The van der Waals surface area contributed by atoms with Gasteiger partial charge in [0, 0.05) is 24.5 Å². The highest BCUT2D eigenvalue weighted by Gasteiger charge is 2.07. The fraction of sp³-hybridized carbons (Fsp3) is 0.182.